The summed E-state index contributed by atoms with van der Waals surface area (Å²) in [5.41, 5.74) is 17.2. The fourth-order valence-electron chi connectivity index (χ4n) is 13.5. The largest absolute Gasteiger partial charge is 0.310 e. The van der Waals surface area contributed by atoms with E-state index < -0.39 is 16.1 Å². The van der Waals surface area contributed by atoms with Crippen molar-refractivity contribution in [2.24, 2.45) is 0 Å². The van der Waals surface area contributed by atoms with Crippen molar-refractivity contribution in [1.82, 2.24) is 8.80 Å². The Morgan fingerprint density at radius 1 is 0.303 bits per heavy atom. The van der Waals surface area contributed by atoms with Crippen molar-refractivity contribution in [3.8, 4) is 0 Å². The minimum absolute atomic E-state index is 1.17. The lowest BCUT2D eigenvalue weighted by molar-refractivity contribution is 1.30. The second-order valence-electron chi connectivity index (χ2n) is 23.5. The second kappa shape index (κ2) is 16.0. The first-order valence-corrected chi connectivity index (χ1v) is 33.9. The summed E-state index contributed by atoms with van der Waals surface area (Å²) in [6.07, 6.45) is 0. The standard InChI is InChI=1S/C70H58N4Si2/c1-43-25-31-47(32-26-43)71(61-37-29-45-17-9-11-19-49(45)69(61)75(3,4)5)59-39-35-51-55-41-64-56(42-63(55)73-57-23-15-13-21-53(57)65(59)67(51)73)52-36-40-60(66-54-22-14-16-24-58(54)74(64)68(52)66)72(48-33-27-44(2)28-34-48)62-38-30-46-18-10-12-20-50(46)70(62)76(6,7)8/h9-42H,1-8H3. The lowest BCUT2D eigenvalue weighted by Crippen LogP contribution is -2.41. The van der Waals surface area contributed by atoms with E-state index in [0.717, 1.165) is 0 Å². The molecule has 0 saturated heterocycles. The molecule has 0 atom stereocenters. The first-order chi connectivity index (χ1) is 36.8. The first-order valence-electron chi connectivity index (χ1n) is 26.9. The molecule has 0 N–H and O–H groups in total. The van der Waals surface area contributed by atoms with Crippen LogP contribution in [0.1, 0.15) is 11.1 Å². The molecule has 0 bridgehead atoms. The summed E-state index contributed by atoms with van der Waals surface area (Å²) in [4.78, 5) is 5.17. The van der Waals surface area contributed by atoms with Crippen LogP contribution in [-0.4, -0.2) is 24.9 Å². The monoisotopic (exact) mass is 1010 g/mol. The van der Waals surface area contributed by atoms with Gasteiger partial charge in [0.2, 0.25) is 0 Å². The van der Waals surface area contributed by atoms with Crippen molar-refractivity contribution in [2.75, 3.05) is 9.80 Å². The fourth-order valence-corrected chi connectivity index (χ4v) is 17.5. The highest BCUT2D eigenvalue weighted by Crippen LogP contribution is 2.52. The Kier molecular flexibility index (Phi) is 9.50. The maximum Gasteiger partial charge on any atom is 0.0811 e. The van der Waals surface area contributed by atoms with Gasteiger partial charge < -0.3 is 18.6 Å². The Morgan fingerprint density at radius 2 is 0.658 bits per heavy atom. The van der Waals surface area contributed by atoms with Crippen molar-refractivity contribution >= 4 is 158 Å². The zero-order valence-electron chi connectivity index (χ0n) is 44.4. The van der Waals surface area contributed by atoms with Gasteiger partial charge in [-0.1, -0.05) is 184 Å². The molecule has 0 aliphatic rings. The van der Waals surface area contributed by atoms with E-state index in [1.807, 2.05) is 0 Å². The SMILES string of the molecule is Cc1ccc(N(c2ccc3ccccc3c2[Si](C)(C)C)c2ccc3c4cc5c(cc4n4c6ccccc6c2c34)c2ccc(N(c3ccc(C)cc3)c3ccc4ccccc4c3[Si](C)(C)C)c3c4ccccc4n5c23)cc1. The molecule has 0 radical (unpaired) electrons. The summed E-state index contributed by atoms with van der Waals surface area (Å²) in [6, 6.07) is 78.6. The van der Waals surface area contributed by atoms with E-state index in [-0.39, 0.29) is 0 Å². The van der Waals surface area contributed by atoms with Crippen molar-refractivity contribution in [3.05, 3.63) is 217 Å². The Morgan fingerprint density at radius 3 is 1.05 bits per heavy atom. The van der Waals surface area contributed by atoms with Gasteiger partial charge in [0, 0.05) is 65.8 Å². The number of hydrogen-bond acceptors (Lipinski definition) is 2. The van der Waals surface area contributed by atoms with Gasteiger partial charge in [-0.25, -0.2) is 0 Å². The number of benzene rings is 11. The number of aromatic nitrogens is 2. The molecule has 0 spiro atoms. The maximum atomic E-state index is 2.58. The van der Waals surface area contributed by atoms with Gasteiger partial charge in [0.25, 0.3) is 0 Å². The van der Waals surface area contributed by atoms with Crippen LogP contribution in [0.2, 0.25) is 39.3 Å². The van der Waals surface area contributed by atoms with Gasteiger partial charge in [-0.05, 0) is 119 Å². The van der Waals surface area contributed by atoms with Crippen molar-refractivity contribution in [3.63, 3.8) is 0 Å². The van der Waals surface area contributed by atoms with E-state index in [2.05, 4.69) is 278 Å². The molecule has 4 heterocycles. The van der Waals surface area contributed by atoms with Gasteiger partial charge in [-0.15, -0.1) is 0 Å². The second-order valence-corrected chi connectivity index (χ2v) is 33.5. The van der Waals surface area contributed by atoms with E-state index in [9.17, 15) is 0 Å². The molecule has 0 amide bonds. The highest BCUT2D eigenvalue weighted by molar-refractivity contribution is 6.92. The molecule has 0 aliphatic heterocycles. The predicted molar refractivity (Wildman–Crippen MR) is 336 cm³/mol. The average Bonchev–Trinajstić information content (AvgIpc) is 4.33. The summed E-state index contributed by atoms with van der Waals surface area (Å²) in [6.45, 7) is 19.3. The molecule has 11 aromatic carbocycles. The molecule has 366 valence electrons. The van der Waals surface area contributed by atoms with E-state index >= 15 is 0 Å². The fraction of sp³-hybridized carbons (Fsp3) is 0.114. The Hall–Kier alpha value is -8.43. The number of hydrogen-bond donors (Lipinski definition) is 0. The van der Waals surface area contributed by atoms with Crippen molar-refractivity contribution < 1.29 is 0 Å². The zero-order valence-corrected chi connectivity index (χ0v) is 46.4. The van der Waals surface area contributed by atoms with Gasteiger partial charge in [-0.2, -0.15) is 0 Å². The number of fused-ring (bicyclic) bond motifs is 14. The molecule has 4 nitrogen and oxygen atoms in total. The van der Waals surface area contributed by atoms with E-state index in [0.29, 0.717) is 0 Å². The molecule has 0 saturated carbocycles. The van der Waals surface area contributed by atoms with Crippen LogP contribution in [0, 0.1) is 13.8 Å². The molecule has 0 aliphatic carbocycles. The molecule has 4 aromatic heterocycles. The predicted octanol–water partition coefficient (Wildman–Crippen LogP) is 18.9. The zero-order chi connectivity index (χ0) is 51.5. The van der Waals surface area contributed by atoms with Crippen LogP contribution >= 0.6 is 0 Å². The smallest absolute Gasteiger partial charge is 0.0811 e. The van der Waals surface area contributed by atoms with Crippen molar-refractivity contribution in [2.45, 2.75) is 53.1 Å². The van der Waals surface area contributed by atoms with Gasteiger partial charge in [0.05, 0.1) is 60.6 Å². The molecule has 15 rings (SSSR count). The first kappa shape index (κ1) is 45.0. The highest BCUT2D eigenvalue weighted by Gasteiger charge is 2.33. The summed E-state index contributed by atoms with van der Waals surface area (Å²) in [5, 5.41) is 18.4. The Labute approximate surface area is 445 Å². The minimum Gasteiger partial charge on any atom is -0.310 e. The van der Waals surface area contributed by atoms with Crippen LogP contribution in [0.3, 0.4) is 0 Å². The third kappa shape index (κ3) is 6.35. The Bertz CT molecular complexity index is 4550. The summed E-state index contributed by atoms with van der Waals surface area (Å²) in [7, 11) is -3.88. The van der Waals surface area contributed by atoms with Gasteiger partial charge in [0.1, 0.15) is 0 Å². The molecule has 0 fully saturated rings. The number of anilines is 6. The Balaban J connectivity index is 1.03. The molecular weight excluding hydrogens is 953 g/mol. The van der Waals surface area contributed by atoms with Crippen LogP contribution in [-0.2, 0) is 0 Å². The minimum atomic E-state index is -1.94. The summed E-state index contributed by atoms with van der Waals surface area (Å²) < 4.78 is 5.17. The summed E-state index contributed by atoms with van der Waals surface area (Å²) >= 11 is 0. The molecular formula is C70H58N4Si2. The van der Waals surface area contributed by atoms with Gasteiger partial charge >= 0.3 is 0 Å². The number of aryl methyl sites for hydroxylation is 2. The molecule has 15 aromatic rings. The van der Waals surface area contributed by atoms with Gasteiger partial charge in [0.15, 0.2) is 0 Å². The van der Waals surface area contributed by atoms with Crippen LogP contribution in [0.4, 0.5) is 34.1 Å². The molecule has 6 heteroatoms. The van der Waals surface area contributed by atoms with E-state index in [1.165, 1.54) is 153 Å². The topological polar surface area (TPSA) is 15.3 Å². The van der Waals surface area contributed by atoms with Crippen LogP contribution < -0.4 is 20.2 Å². The lowest BCUT2D eigenvalue weighted by atomic mass is 10.0. The van der Waals surface area contributed by atoms with Crippen LogP contribution in [0.15, 0.2) is 206 Å². The van der Waals surface area contributed by atoms with E-state index in [4.69, 9.17) is 0 Å². The molecule has 0 unspecified atom stereocenters. The van der Waals surface area contributed by atoms with Gasteiger partial charge in [-0.3, -0.25) is 0 Å². The van der Waals surface area contributed by atoms with E-state index in [1.54, 1.807) is 0 Å². The summed E-state index contributed by atoms with van der Waals surface area (Å²) in [5.74, 6) is 0. The third-order valence-corrected chi connectivity index (χ3v) is 20.7. The highest BCUT2D eigenvalue weighted by atomic mass is 28.3. The quantitative estimate of drug-likeness (QED) is 0.141. The third-order valence-electron chi connectivity index (χ3n) is 16.6. The number of para-hydroxylation sites is 2. The lowest BCUT2D eigenvalue weighted by Gasteiger charge is -2.33. The normalized spacial score (nSPS) is 12.7. The van der Waals surface area contributed by atoms with Crippen LogP contribution in [0.5, 0.6) is 0 Å². The maximum absolute atomic E-state index is 2.58. The molecule has 76 heavy (non-hydrogen) atoms. The number of rotatable bonds is 8. The number of nitrogens with zero attached hydrogens (tertiary/aromatic N) is 4. The van der Waals surface area contributed by atoms with Crippen molar-refractivity contribution in [1.29, 1.82) is 0 Å². The average molecular weight is 1010 g/mol. The van der Waals surface area contributed by atoms with Crippen LogP contribution in [0.25, 0.3) is 97.7 Å².